The summed E-state index contributed by atoms with van der Waals surface area (Å²) in [5.41, 5.74) is 6.36. The van der Waals surface area contributed by atoms with Crippen molar-refractivity contribution in [3.05, 3.63) is 23.8 Å². The van der Waals surface area contributed by atoms with Crippen LogP contribution in [0.15, 0.2) is 18.2 Å². The van der Waals surface area contributed by atoms with Crippen LogP contribution in [0.25, 0.3) is 0 Å². The van der Waals surface area contributed by atoms with E-state index in [1.807, 2.05) is 30.9 Å². The number of halogens is 1. The van der Waals surface area contributed by atoms with Crippen LogP contribution in [-0.4, -0.2) is 43.2 Å². The quantitative estimate of drug-likeness (QED) is 0.814. The predicted octanol–water partition coefficient (Wildman–Crippen LogP) is 3.25. The van der Waals surface area contributed by atoms with Gasteiger partial charge in [-0.05, 0) is 64.3 Å². The molecule has 1 saturated heterocycles. The Morgan fingerprint density at radius 1 is 1.21 bits per heavy atom. The smallest absolute Gasteiger partial charge is 0.254 e. The topological polar surface area (TPSA) is 64.8 Å². The average molecular weight is 357 g/mol. The van der Waals surface area contributed by atoms with E-state index in [1.54, 1.807) is 6.07 Å². The third kappa shape index (κ3) is 5.02. The fraction of sp³-hybridized carbons (Fsp3) is 0.611. The van der Waals surface area contributed by atoms with Gasteiger partial charge in [0.25, 0.3) is 5.91 Å². The first-order valence-electron chi connectivity index (χ1n) is 8.61. The fourth-order valence-electron chi connectivity index (χ4n) is 3.11. The highest BCUT2D eigenvalue weighted by molar-refractivity contribution is 5.95. The normalized spacial score (nSPS) is 17.1. The number of carbonyl (C=O) groups is 1. The van der Waals surface area contributed by atoms with Crippen LogP contribution in [0, 0.1) is 0 Å². The van der Waals surface area contributed by atoms with Crippen LogP contribution in [0.2, 0.25) is 0 Å². The number of likely N-dealkylation sites (tertiary alicyclic amines) is 1. The predicted molar refractivity (Wildman–Crippen MR) is 98.4 cm³/mol. The van der Waals surface area contributed by atoms with Gasteiger partial charge in [-0.2, -0.15) is 0 Å². The standard InChI is InChI=1S/C18H28N2O3.ClH/c1-3-22-16-9-8-14(13-17(16)23-4-2)18(21)20-12-6-5-7-15(20)10-11-19;/h8-9,13,15H,3-7,10-12,19H2,1-2H3;1H. The lowest BCUT2D eigenvalue weighted by Crippen LogP contribution is -2.44. The first kappa shape index (κ1) is 20.6. The van der Waals surface area contributed by atoms with Crippen molar-refractivity contribution in [3.8, 4) is 11.5 Å². The number of hydrogen-bond acceptors (Lipinski definition) is 4. The van der Waals surface area contributed by atoms with E-state index in [0.717, 1.165) is 25.8 Å². The number of amides is 1. The number of ether oxygens (including phenoxy) is 2. The van der Waals surface area contributed by atoms with Gasteiger partial charge in [-0.25, -0.2) is 0 Å². The summed E-state index contributed by atoms with van der Waals surface area (Å²) >= 11 is 0. The molecule has 0 bridgehead atoms. The highest BCUT2D eigenvalue weighted by Gasteiger charge is 2.27. The highest BCUT2D eigenvalue weighted by atomic mass is 35.5. The zero-order valence-corrected chi connectivity index (χ0v) is 15.4. The lowest BCUT2D eigenvalue weighted by atomic mass is 9.98. The second-order valence-corrected chi connectivity index (χ2v) is 5.75. The Hall–Kier alpha value is -1.46. The lowest BCUT2D eigenvalue weighted by molar-refractivity contribution is 0.0604. The van der Waals surface area contributed by atoms with Gasteiger partial charge >= 0.3 is 0 Å². The number of carbonyl (C=O) groups excluding carboxylic acids is 1. The summed E-state index contributed by atoms with van der Waals surface area (Å²) in [6.07, 6.45) is 4.13. The first-order chi connectivity index (χ1) is 11.2. The van der Waals surface area contributed by atoms with E-state index in [9.17, 15) is 4.79 Å². The van der Waals surface area contributed by atoms with E-state index in [0.29, 0.717) is 36.8 Å². The van der Waals surface area contributed by atoms with E-state index in [1.165, 1.54) is 6.42 Å². The van der Waals surface area contributed by atoms with Crippen LogP contribution in [-0.2, 0) is 0 Å². The highest BCUT2D eigenvalue weighted by Crippen LogP contribution is 2.30. The first-order valence-corrected chi connectivity index (χ1v) is 8.61. The fourth-order valence-corrected chi connectivity index (χ4v) is 3.11. The molecule has 1 amide bonds. The maximum atomic E-state index is 12.9. The molecule has 0 spiro atoms. The summed E-state index contributed by atoms with van der Waals surface area (Å²) < 4.78 is 11.2. The molecule has 1 fully saturated rings. The Labute approximate surface area is 150 Å². The molecule has 1 aliphatic heterocycles. The van der Waals surface area contributed by atoms with E-state index in [-0.39, 0.29) is 24.4 Å². The van der Waals surface area contributed by atoms with Crippen LogP contribution in [0.4, 0.5) is 0 Å². The van der Waals surface area contributed by atoms with Gasteiger partial charge in [0.05, 0.1) is 13.2 Å². The number of nitrogens with two attached hydrogens (primary N) is 1. The Bertz CT molecular complexity index is 523. The molecule has 0 aromatic heterocycles. The molecule has 0 saturated carbocycles. The second-order valence-electron chi connectivity index (χ2n) is 5.75. The van der Waals surface area contributed by atoms with Gasteiger partial charge < -0.3 is 20.1 Å². The van der Waals surface area contributed by atoms with Gasteiger partial charge in [-0.1, -0.05) is 0 Å². The monoisotopic (exact) mass is 356 g/mol. The Morgan fingerprint density at radius 3 is 2.58 bits per heavy atom. The van der Waals surface area contributed by atoms with Crippen LogP contribution >= 0.6 is 12.4 Å². The number of benzene rings is 1. The minimum absolute atomic E-state index is 0. The molecule has 1 unspecified atom stereocenters. The lowest BCUT2D eigenvalue weighted by Gasteiger charge is -2.35. The molecular formula is C18H29ClN2O3. The molecular weight excluding hydrogens is 328 g/mol. The molecule has 2 N–H and O–H groups in total. The van der Waals surface area contributed by atoms with Gasteiger partial charge in [0.1, 0.15) is 0 Å². The Morgan fingerprint density at radius 2 is 1.92 bits per heavy atom. The van der Waals surface area contributed by atoms with Crippen molar-refractivity contribution in [1.82, 2.24) is 4.90 Å². The van der Waals surface area contributed by atoms with E-state index < -0.39 is 0 Å². The van der Waals surface area contributed by atoms with Crippen LogP contribution in [0.1, 0.15) is 49.9 Å². The Kier molecular flexibility index (Phi) is 8.93. The summed E-state index contributed by atoms with van der Waals surface area (Å²) in [5, 5.41) is 0. The molecule has 2 rings (SSSR count). The molecule has 24 heavy (non-hydrogen) atoms. The summed E-state index contributed by atoms with van der Waals surface area (Å²) in [7, 11) is 0. The summed E-state index contributed by atoms with van der Waals surface area (Å²) in [5.74, 6) is 1.38. The number of hydrogen-bond donors (Lipinski definition) is 1. The molecule has 1 atom stereocenters. The van der Waals surface area contributed by atoms with E-state index >= 15 is 0 Å². The van der Waals surface area contributed by atoms with Gasteiger partial charge in [0, 0.05) is 18.2 Å². The van der Waals surface area contributed by atoms with Crippen molar-refractivity contribution in [2.24, 2.45) is 5.73 Å². The van der Waals surface area contributed by atoms with Crippen molar-refractivity contribution in [3.63, 3.8) is 0 Å². The van der Waals surface area contributed by atoms with Crippen molar-refractivity contribution >= 4 is 18.3 Å². The van der Waals surface area contributed by atoms with Gasteiger partial charge in [-0.15, -0.1) is 12.4 Å². The second kappa shape index (κ2) is 10.4. The van der Waals surface area contributed by atoms with Crippen LogP contribution < -0.4 is 15.2 Å². The zero-order chi connectivity index (χ0) is 16.7. The van der Waals surface area contributed by atoms with Crippen molar-refractivity contribution < 1.29 is 14.3 Å². The molecule has 1 heterocycles. The van der Waals surface area contributed by atoms with Crippen LogP contribution in [0.3, 0.4) is 0 Å². The SMILES string of the molecule is CCOc1ccc(C(=O)N2CCCCC2CCN)cc1OCC.Cl. The van der Waals surface area contributed by atoms with Gasteiger partial charge in [0.2, 0.25) is 0 Å². The third-order valence-corrected chi connectivity index (χ3v) is 4.18. The van der Waals surface area contributed by atoms with Gasteiger partial charge in [0.15, 0.2) is 11.5 Å². The van der Waals surface area contributed by atoms with Crippen molar-refractivity contribution in [2.75, 3.05) is 26.3 Å². The van der Waals surface area contributed by atoms with E-state index in [4.69, 9.17) is 15.2 Å². The molecule has 0 radical (unpaired) electrons. The molecule has 136 valence electrons. The minimum atomic E-state index is 0. The average Bonchev–Trinajstić information content (AvgIpc) is 2.57. The molecule has 0 aliphatic carbocycles. The third-order valence-electron chi connectivity index (χ3n) is 4.18. The number of piperidine rings is 1. The van der Waals surface area contributed by atoms with Crippen LogP contribution in [0.5, 0.6) is 11.5 Å². The minimum Gasteiger partial charge on any atom is -0.490 e. The molecule has 1 aromatic rings. The maximum Gasteiger partial charge on any atom is 0.254 e. The van der Waals surface area contributed by atoms with Crippen molar-refractivity contribution in [1.29, 1.82) is 0 Å². The van der Waals surface area contributed by atoms with E-state index in [2.05, 4.69) is 0 Å². The molecule has 1 aromatic carbocycles. The summed E-state index contributed by atoms with van der Waals surface area (Å²) in [6.45, 7) is 6.38. The van der Waals surface area contributed by atoms with Crippen molar-refractivity contribution in [2.45, 2.75) is 45.6 Å². The maximum absolute atomic E-state index is 12.9. The Balaban J connectivity index is 0.00000288. The number of nitrogens with zero attached hydrogens (tertiary/aromatic N) is 1. The molecule has 1 aliphatic rings. The van der Waals surface area contributed by atoms with Gasteiger partial charge in [-0.3, -0.25) is 4.79 Å². The summed E-state index contributed by atoms with van der Waals surface area (Å²) in [4.78, 5) is 14.9. The largest absolute Gasteiger partial charge is 0.490 e. The summed E-state index contributed by atoms with van der Waals surface area (Å²) in [6, 6.07) is 5.70. The number of rotatable bonds is 7. The zero-order valence-electron chi connectivity index (χ0n) is 14.6. The molecule has 5 nitrogen and oxygen atoms in total. The molecule has 6 heteroatoms.